The molecule has 11 nitrogen and oxygen atoms in total. The monoisotopic (exact) mass is 510 g/mol. The molecule has 0 saturated carbocycles. The highest BCUT2D eigenvalue weighted by Gasteiger charge is 2.67. The van der Waals surface area contributed by atoms with E-state index < -0.39 is 28.5 Å². The quantitative estimate of drug-likeness (QED) is 0.188. The van der Waals surface area contributed by atoms with Crippen molar-refractivity contribution in [2.24, 2.45) is 11.8 Å². The summed E-state index contributed by atoms with van der Waals surface area (Å²) in [4.78, 5) is 38.8. The molecule has 36 heavy (non-hydrogen) atoms. The Morgan fingerprint density at radius 1 is 1.14 bits per heavy atom. The van der Waals surface area contributed by atoms with Crippen molar-refractivity contribution in [3.63, 3.8) is 0 Å². The first-order valence-corrected chi connectivity index (χ1v) is 11.4. The summed E-state index contributed by atoms with van der Waals surface area (Å²) in [6.45, 7) is 0.0897. The summed E-state index contributed by atoms with van der Waals surface area (Å²) < 4.78 is 16.3. The van der Waals surface area contributed by atoms with E-state index in [9.17, 15) is 19.7 Å². The number of imide groups is 1. The number of rotatable bonds is 7. The van der Waals surface area contributed by atoms with Gasteiger partial charge in [0.05, 0.1) is 55.4 Å². The molecule has 2 N–H and O–H groups in total. The van der Waals surface area contributed by atoms with Gasteiger partial charge < -0.3 is 24.8 Å². The third kappa shape index (κ3) is 3.74. The molecule has 2 amide bonds. The molecule has 186 valence electrons. The van der Waals surface area contributed by atoms with Crippen LogP contribution in [0.15, 0.2) is 54.6 Å². The maximum absolute atomic E-state index is 13.5. The van der Waals surface area contributed by atoms with Gasteiger partial charge in [0, 0.05) is 0 Å². The summed E-state index contributed by atoms with van der Waals surface area (Å²) in [5.74, 6) is -1.09. The highest BCUT2D eigenvalue weighted by molar-refractivity contribution is 7.80. The largest absolute Gasteiger partial charge is 0.497 e. The molecule has 0 spiro atoms. The van der Waals surface area contributed by atoms with Crippen molar-refractivity contribution in [1.82, 2.24) is 5.32 Å². The van der Waals surface area contributed by atoms with Crippen LogP contribution in [0.4, 0.5) is 17.1 Å². The fourth-order valence-electron chi connectivity index (χ4n) is 4.97. The summed E-state index contributed by atoms with van der Waals surface area (Å²) in [5.41, 5.74) is -0.646. The van der Waals surface area contributed by atoms with E-state index in [2.05, 4.69) is 10.6 Å². The molecule has 0 radical (unpaired) electrons. The Labute approximate surface area is 211 Å². The van der Waals surface area contributed by atoms with E-state index >= 15 is 0 Å². The molecule has 4 atom stereocenters. The number of carbonyl (C=O) groups is 2. The number of nitro groups is 1. The topological polar surface area (TPSA) is 132 Å². The minimum atomic E-state index is -1.08. The van der Waals surface area contributed by atoms with Crippen molar-refractivity contribution >= 4 is 46.2 Å². The van der Waals surface area contributed by atoms with Gasteiger partial charge in [-0.2, -0.15) is 0 Å². The van der Waals surface area contributed by atoms with Crippen LogP contribution in [0.25, 0.3) is 0 Å². The van der Waals surface area contributed by atoms with Gasteiger partial charge in [-0.25, -0.2) is 4.90 Å². The summed E-state index contributed by atoms with van der Waals surface area (Å²) in [5, 5.41) is 17.4. The van der Waals surface area contributed by atoms with Crippen molar-refractivity contribution < 1.29 is 28.7 Å². The second kappa shape index (κ2) is 8.88. The van der Waals surface area contributed by atoms with Crippen LogP contribution < -0.4 is 25.0 Å². The molecule has 2 aromatic carbocycles. The van der Waals surface area contributed by atoms with E-state index in [1.54, 1.807) is 42.5 Å². The van der Waals surface area contributed by atoms with Gasteiger partial charge in [0.2, 0.25) is 11.8 Å². The lowest BCUT2D eigenvalue weighted by atomic mass is 9.77. The Hall–Kier alpha value is -4.03. The Morgan fingerprint density at radius 3 is 2.50 bits per heavy atom. The lowest BCUT2D eigenvalue weighted by Crippen LogP contribution is -2.49. The van der Waals surface area contributed by atoms with E-state index in [4.69, 9.17) is 26.4 Å². The van der Waals surface area contributed by atoms with E-state index in [0.717, 1.165) is 0 Å². The van der Waals surface area contributed by atoms with Gasteiger partial charge in [-0.3, -0.25) is 19.7 Å². The highest BCUT2D eigenvalue weighted by atomic mass is 32.1. The van der Waals surface area contributed by atoms with Crippen LogP contribution in [0.3, 0.4) is 0 Å². The molecular formula is C24H22N4O7S. The van der Waals surface area contributed by atoms with Crippen molar-refractivity contribution in [1.29, 1.82) is 0 Å². The average molecular weight is 511 g/mol. The molecule has 0 aliphatic carbocycles. The predicted molar refractivity (Wildman–Crippen MR) is 133 cm³/mol. The molecule has 3 heterocycles. The van der Waals surface area contributed by atoms with E-state index in [-0.39, 0.29) is 34.8 Å². The predicted octanol–water partition coefficient (Wildman–Crippen LogP) is 2.41. The fraction of sp³-hybridized carbons (Fsp3) is 0.292. The van der Waals surface area contributed by atoms with Crippen LogP contribution in [-0.4, -0.2) is 54.3 Å². The molecular weight excluding hydrogens is 488 g/mol. The average Bonchev–Trinajstić information content (AvgIpc) is 3.53. The summed E-state index contributed by atoms with van der Waals surface area (Å²) >= 11 is 5.36. The number of methoxy groups -OCH3 is 2. The Morgan fingerprint density at radius 2 is 1.83 bits per heavy atom. The van der Waals surface area contributed by atoms with Gasteiger partial charge >= 0.3 is 0 Å². The third-order valence-corrected chi connectivity index (χ3v) is 6.91. The van der Waals surface area contributed by atoms with Crippen LogP contribution in [-0.2, 0) is 14.3 Å². The lowest BCUT2D eigenvalue weighted by molar-refractivity contribution is -0.384. The minimum absolute atomic E-state index is 0.0897. The number of hydrogen-bond donors (Lipinski definition) is 2. The van der Waals surface area contributed by atoms with Crippen LogP contribution in [0.5, 0.6) is 11.5 Å². The summed E-state index contributed by atoms with van der Waals surface area (Å²) in [6, 6.07) is 11.1. The first-order valence-electron chi connectivity index (χ1n) is 11.0. The number of carbonyl (C=O) groups excluding carboxylic acids is 2. The van der Waals surface area contributed by atoms with Crippen LogP contribution in [0.2, 0.25) is 0 Å². The molecule has 3 aliphatic rings. The zero-order chi connectivity index (χ0) is 25.6. The number of hydrogen-bond acceptors (Lipinski definition) is 8. The smallest absolute Gasteiger partial charge is 0.296 e. The zero-order valence-electron chi connectivity index (χ0n) is 19.3. The standard InChI is InChI=1S/C24H22N4O7S/c1-33-14-5-3-13(4-6-14)27-21(29)19-18-9-10-24(35-18,20(19)22(27)30)12-25-23(36)26-16-8-7-15(34-2)11-17(16)28(31)32/h3-11,18-20H,12H2,1-2H3,(H2,25,26,36). The molecule has 4 unspecified atom stereocenters. The van der Waals surface area contributed by atoms with Gasteiger partial charge in [-0.05, 0) is 48.6 Å². The zero-order valence-corrected chi connectivity index (χ0v) is 20.1. The number of nitro benzene ring substituents is 1. The van der Waals surface area contributed by atoms with Gasteiger partial charge in [-0.15, -0.1) is 0 Å². The number of nitrogens with one attached hydrogen (secondary N) is 2. The van der Waals surface area contributed by atoms with E-state index in [0.29, 0.717) is 17.2 Å². The Kier molecular flexibility index (Phi) is 5.85. The molecule has 5 rings (SSSR count). The first-order chi connectivity index (χ1) is 17.3. The molecule has 3 aliphatic heterocycles. The highest BCUT2D eigenvalue weighted by Crippen LogP contribution is 2.52. The fourth-order valence-corrected chi connectivity index (χ4v) is 5.15. The second-order valence-electron chi connectivity index (χ2n) is 8.56. The van der Waals surface area contributed by atoms with Gasteiger partial charge in [-0.1, -0.05) is 12.2 Å². The second-order valence-corrected chi connectivity index (χ2v) is 8.97. The van der Waals surface area contributed by atoms with Gasteiger partial charge in [0.15, 0.2) is 5.11 Å². The number of ether oxygens (including phenoxy) is 3. The number of benzene rings is 2. The number of fused-ring (bicyclic) bond motifs is 5. The molecule has 2 aromatic rings. The number of thiocarbonyl (C=S) groups is 1. The summed E-state index contributed by atoms with van der Waals surface area (Å²) in [6.07, 6.45) is 3.05. The Bertz CT molecular complexity index is 1300. The van der Waals surface area contributed by atoms with Crippen molar-refractivity contribution in [2.45, 2.75) is 11.7 Å². The van der Waals surface area contributed by atoms with Gasteiger partial charge in [0.1, 0.15) is 22.8 Å². The molecule has 0 aromatic heterocycles. The van der Waals surface area contributed by atoms with Gasteiger partial charge in [0.25, 0.3) is 5.69 Å². The number of nitrogens with zero attached hydrogens (tertiary/aromatic N) is 2. The normalized spacial score (nSPS) is 25.6. The molecule has 2 bridgehead atoms. The van der Waals surface area contributed by atoms with Crippen molar-refractivity contribution in [2.75, 3.05) is 31.0 Å². The van der Waals surface area contributed by atoms with Crippen molar-refractivity contribution in [3.8, 4) is 11.5 Å². The SMILES string of the molecule is COc1ccc(N2C(=O)C3C4C=CC(CNC(=S)Nc5ccc(OC)cc5[N+](=O)[O-])(O4)C3C2=O)cc1. The minimum Gasteiger partial charge on any atom is -0.497 e. The van der Waals surface area contributed by atoms with Crippen LogP contribution in [0, 0.1) is 22.0 Å². The van der Waals surface area contributed by atoms with E-state index in [1.165, 1.54) is 31.3 Å². The molecule has 2 fully saturated rings. The maximum Gasteiger partial charge on any atom is 0.296 e. The summed E-state index contributed by atoms with van der Waals surface area (Å²) in [7, 11) is 2.95. The third-order valence-electron chi connectivity index (χ3n) is 6.66. The number of amides is 2. The van der Waals surface area contributed by atoms with Crippen molar-refractivity contribution in [3.05, 3.63) is 64.7 Å². The lowest BCUT2D eigenvalue weighted by Gasteiger charge is -2.29. The van der Waals surface area contributed by atoms with E-state index in [1.807, 2.05) is 0 Å². The Balaban J connectivity index is 1.32. The first kappa shape index (κ1) is 23.7. The molecule has 12 heteroatoms. The van der Waals surface area contributed by atoms with Crippen LogP contribution >= 0.6 is 12.2 Å². The number of anilines is 2. The maximum atomic E-state index is 13.5. The van der Waals surface area contributed by atoms with Crippen LogP contribution in [0.1, 0.15) is 0 Å². The molecule has 2 saturated heterocycles.